The van der Waals surface area contributed by atoms with Crippen molar-refractivity contribution in [3.05, 3.63) is 45.9 Å². The second kappa shape index (κ2) is 5.80. The number of thiophene rings is 1. The number of ether oxygens (including phenoxy) is 1. The van der Waals surface area contributed by atoms with Crippen LogP contribution in [0.15, 0.2) is 30.5 Å². The summed E-state index contributed by atoms with van der Waals surface area (Å²) in [5, 5.41) is 3.14. The van der Waals surface area contributed by atoms with Crippen molar-refractivity contribution in [1.29, 1.82) is 0 Å². The number of nitrogens with zero attached hydrogens (tertiary/aromatic N) is 1. The lowest BCUT2D eigenvalue weighted by atomic mass is 10.4. The fraction of sp³-hybridized carbons (Fsp3) is 0.308. The van der Waals surface area contributed by atoms with Gasteiger partial charge in [-0.05, 0) is 38.2 Å². The van der Waals surface area contributed by atoms with Crippen LogP contribution in [0.3, 0.4) is 0 Å². The van der Waals surface area contributed by atoms with Gasteiger partial charge in [0.1, 0.15) is 12.4 Å². The van der Waals surface area contributed by atoms with E-state index in [-0.39, 0.29) is 0 Å². The van der Waals surface area contributed by atoms with E-state index < -0.39 is 0 Å². The molecule has 2 aromatic heterocycles. The molecule has 0 saturated carbocycles. The summed E-state index contributed by atoms with van der Waals surface area (Å²) in [6.07, 6.45) is 1.76. The van der Waals surface area contributed by atoms with Gasteiger partial charge in [-0.15, -0.1) is 11.3 Å². The minimum atomic E-state index is 0.610. The molecule has 3 nitrogen and oxygen atoms in total. The van der Waals surface area contributed by atoms with Crippen LogP contribution in [-0.2, 0) is 13.2 Å². The van der Waals surface area contributed by atoms with E-state index in [0.717, 1.165) is 18.0 Å². The van der Waals surface area contributed by atoms with Gasteiger partial charge >= 0.3 is 0 Å². The fourth-order valence-electron chi connectivity index (χ4n) is 1.46. The predicted octanol–water partition coefficient (Wildman–Crippen LogP) is 2.75. The molecule has 0 fully saturated rings. The van der Waals surface area contributed by atoms with E-state index in [1.54, 1.807) is 17.5 Å². The smallest absolute Gasteiger partial charge is 0.138 e. The molecule has 2 heterocycles. The van der Waals surface area contributed by atoms with Crippen LogP contribution in [0.4, 0.5) is 0 Å². The summed E-state index contributed by atoms with van der Waals surface area (Å²) in [6.45, 7) is 3.49. The first kappa shape index (κ1) is 12.1. The van der Waals surface area contributed by atoms with E-state index in [9.17, 15) is 0 Å². The third kappa shape index (κ3) is 3.54. The summed E-state index contributed by atoms with van der Waals surface area (Å²) in [6, 6.07) is 8.15. The number of nitrogens with one attached hydrogen (secondary N) is 1. The molecule has 0 aromatic carbocycles. The maximum atomic E-state index is 5.67. The van der Waals surface area contributed by atoms with Crippen molar-refractivity contribution in [1.82, 2.24) is 10.3 Å². The monoisotopic (exact) mass is 248 g/mol. The first-order valence-electron chi connectivity index (χ1n) is 5.55. The van der Waals surface area contributed by atoms with Crippen LogP contribution in [0, 0.1) is 6.92 Å². The topological polar surface area (TPSA) is 34.1 Å². The second-order valence-electron chi connectivity index (χ2n) is 3.82. The maximum absolute atomic E-state index is 5.67. The van der Waals surface area contributed by atoms with Gasteiger partial charge in [-0.25, -0.2) is 0 Å². The minimum Gasteiger partial charge on any atom is -0.486 e. The van der Waals surface area contributed by atoms with Crippen LogP contribution in [-0.4, -0.2) is 12.0 Å². The minimum absolute atomic E-state index is 0.610. The molecule has 2 aromatic rings. The summed E-state index contributed by atoms with van der Waals surface area (Å²) in [7, 11) is 1.95. The van der Waals surface area contributed by atoms with Gasteiger partial charge < -0.3 is 10.1 Å². The van der Waals surface area contributed by atoms with Gasteiger partial charge in [0.25, 0.3) is 0 Å². The Kier molecular flexibility index (Phi) is 4.12. The molecular formula is C13H16N2OS. The zero-order valence-electron chi connectivity index (χ0n) is 10.1. The summed E-state index contributed by atoms with van der Waals surface area (Å²) in [5.41, 5.74) is 1.00. The van der Waals surface area contributed by atoms with E-state index in [4.69, 9.17) is 4.74 Å². The predicted molar refractivity (Wildman–Crippen MR) is 70.4 cm³/mol. The van der Waals surface area contributed by atoms with E-state index in [2.05, 4.69) is 22.4 Å². The van der Waals surface area contributed by atoms with Gasteiger partial charge in [0, 0.05) is 22.0 Å². The molecule has 17 heavy (non-hydrogen) atoms. The highest BCUT2D eigenvalue weighted by Crippen LogP contribution is 2.18. The highest BCUT2D eigenvalue weighted by Gasteiger charge is 2.01. The molecule has 0 amide bonds. The molecule has 1 N–H and O–H groups in total. The second-order valence-corrected chi connectivity index (χ2v) is 5.08. The third-order valence-electron chi connectivity index (χ3n) is 2.33. The quantitative estimate of drug-likeness (QED) is 0.883. The number of hydrogen-bond acceptors (Lipinski definition) is 4. The Balaban J connectivity index is 1.90. The molecular weight excluding hydrogens is 232 g/mol. The average molecular weight is 248 g/mol. The Hall–Kier alpha value is -1.39. The van der Waals surface area contributed by atoms with Gasteiger partial charge in [-0.3, -0.25) is 4.98 Å². The number of pyridine rings is 1. The third-order valence-corrected chi connectivity index (χ3v) is 3.39. The maximum Gasteiger partial charge on any atom is 0.138 e. The molecule has 0 saturated heterocycles. The Morgan fingerprint density at radius 3 is 2.76 bits per heavy atom. The van der Waals surface area contributed by atoms with Crippen LogP contribution in [0.25, 0.3) is 0 Å². The van der Waals surface area contributed by atoms with E-state index >= 15 is 0 Å². The van der Waals surface area contributed by atoms with E-state index in [1.807, 2.05) is 26.1 Å². The molecule has 0 radical (unpaired) electrons. The standard InChI is InChI=1S/C13H16N2OS/c1-10-3-4-11(7-15-10)16-9-13-6-5-12(17-13)8-14-2/h3-7,14H,8-9H2,1-2H3. The highest BCUT2D eigenvalue weighted by atomic mass is 32.1. The summed E-state index contributed by atoms with van der Waals surface area (Å²) in [5.74, 6) is 0.819. The molecule has 0 aliphatic rings. The molecule has 0 spiro atoms. The van der Waals surface area contributed by atoms with E-state index in [1.165, 1.54) is 9.75 Å². The average Bonchev–Trinajstić information content (AvgIpc) is 2.77. The largest absolute Gasteiger partial charge is 0.486 e. The lowest BCUT2D eigenvalue weighted by Gasteiger charge is -2.03. The van der Waals surface area contributed by atoms with Gasteiger partial charge in [0.2, 0.25) is 0 Å². The van der Waals surface area contributed by atoms with Crippen molar-refractivity contribution in [3.8, 4) is 5.75 Å². The SMILES string of the molecule is CNCc1ccc(COc2ccc(C)nc2)s1. The number of aryl methyl sites for hydroxylation is 1. The normalized spacial score (nSPS) is 10.5. The van der Waals surface area contributed by atoms with Crippen molar-refractivity contribution in [2.24, 2.45) is 0 Å². The molecule has 0 aliphatic heterocycles. The van der Waals surface area contributed by atoms with Gasteiger partial charge in [-0.1, -0.05) is 0 Å². The zero-order valence-corrected chi connectivity index (χ0v) is 10.9. The molecule has 0 aliphatic carbocycles. The van der Waals surface area contributed by atoms with Crippen LogP contribution in [0.2, 0.25) is 0 Å². The Bertz CT molecular complexity index is 465. The lowest BCUT2D eigenvalue weighted by molar-refractivity contribution is 0.308. The number of hydrogen-bond donors (Lipinski definition) is 1. The van der Waals surface area contributed by atoms with Crippen LogP contribution < -0.4 is 10.1 Å². The van der Waals surface area contributed by atoms with Gasteiger partial charge in [-0.2, -0.15) is 0 Å². The van der Waals surface area contributed by atoms with Crippen molar-refractivity contribution >= 4 is 11.3 Å². The van der Waals surface area contributed by atoms with Crippen LogP contribution >= 0.6 is 11.3 Å². The molecule has 0 bridgehead atoms. The van der Waals surface area contributed by atoms with Crippen molar-refractivity contribution in [2.45, 2.75) is 20.1 Å². The molecule has 90 valence electrons. The lowest BCUT2D eigenvalue weighted by Crippen LogP contribution is -2.02. The summed E-state index contributed by atoms with van der Waals surface area (Å²) >= 11 is 1.77. The molecule has 2 rings (SSSR count). The Morgan fingerprint density at radius 2 is 2.06 bits per heavy atom. The van der Waals surface area contributed by atoms with Crippen LogP contribution in [0.1, 0.15) is 15.4 Å². The Morgan fingerprint density at radius 1 is 1.24 bits per heavy atom. The summed E-state index contributed by atoms with van der Waals surface area (Å²) < 4.78 is 5.67. The highest BCUT2D eigenvalue weighted by molar-refractivity contribution is 7.11. The fourth-order valence-corrected chi connectivity index (χ4v) is 2.41. The van der Waals surface area contributed by atoms with Crippen LogP contribution in [0.5, 0.6) is 5.75 Å². The molecule has 0 unspecified atom stereocenters. The van der Waals surface area contributed by atoms with Crippen molar-refractivity contribution < 1.29 is 4.74 Å². The first-order valence-corrected chi connectivity index (χ1v) is 6.37. The molecule has 0 atom stereocenters. The zero-order chi connectivity index (χ0) is 12.1. The van der Waals surface area contributed by atoms with Gasteiger partial charge in [0.15, 0.2) is 0 Å². The number of aromatic nitrogens is 1. The summed E-state index contributed by atoms with van der Waals surface area (Å²) in [4.78, 5) is 6.75. The molecule has 4 heteroatoms. The number of rotatable bonds is 5. The van der Waals surface area contributed by atoms with Gasteiger partial charge in [0.05, 0.1) is 6.20 Å². The first-order chi connectivity index (χ1) is 8.28. The van der Waals surface area contributed by atoms with Crippen molar-refractivity contribution in [2.75, 3.05) is 7.05 Å². The van der Waals surface area contributed by atoms with Crippen molar-refractivity contribution in [3.63, 3.8) is 0 Å². The van der Waals surface area contributed by atoms with E-state index in [0.29, 0.717) is 6.61 Å². The Labute approximate surface area is 105 Å².